The lowest BCUT2D eigenvalue weighted by Gasteiger charge is -2.12. The van der Waals surface area contributed by atoms with Crippen LogP contribution in [0.15, 0.2) is 30.3 Å². The Hall–Kier alpha value is -2.16. The molecule has 1 heterocycles. The maximum atomic E-state index is 12.6. The van der Waals surface area contributed by atoms with Gasteiger partial charge in [0.05, 0.1) is 0 Å². The Morgan fingerprint density at radius 2 is 1.86 bits per heavy atom. The van der Waals surface area contributed by atoms with Crippen LogP contribution in [0.5, 0.6) is 10.8 Å². The maximum absolute atomic E-state index is 12.6. The summed E-state index contributed by atoms with van der Waals surface area (Å²) >= 11 is 0.767. The first-order chi connectivity index (χ1) is 9.76. The highest BCUT2D eigenvalue weighted by Gasteiger charge is 2.24. The molecule has 0 aliphatic rings. The van der Waals surface area contributed by atoms with Crippen LogP contribution in [0.3, 0.4) is 0 Å². The average molecular weight is 313 g/mol. The van der Waals surface area contributed by atoms with Crippen molar-refractivity contribution in [2.75, 3.05) is 6.54 Å². The van der Waals surface area contributed by atoms with E-state index in [2.05, 4.69) is 0 Å². The summed E-state index contributed by atoms with van der Waals surface area (Å²) < 4.78 is 12.6. The van der Waals surface area contributed by atoms with Gasteiger partial charge in [-0.2, -0.15) is 4.39 Å². The smallest absolute Gasteiger partial charge is 0.333 e. The Morgan fingerprint density at radius 1 is 1.24 bits per heavy atom. The topological polar surface area (TPSA) is 110 Å². The minimum Gasteiger partial charge on any atom is -0.508 e. The fraction of sp³-hybridized carbons (Fsp3) is 0.154. The van der Waals surface area contributed by atoms with E-state index in [1.165, 1.54) is 18.2 Å². The lowest BCUT2D eigenvalue weighted by molar-refractivity contribution is -0.252. The predicted molar refractivity (Wildman–Crippen MR) is 73.7 cm³/mol. The van der Waals surface area contributed by atoms with Gasteiger partial charge in [0.15, 0.2) is 5.06 Å². The average Bonchev–Trinajstić information content (AvgIpc) is 2.78. The molecule has 0 bridgehead atoms. The van der Waals surface area contributed by atoms with Gasteiger partial charge in [-0.25, -0.2) is 0 Å². The molecule has 0 unspecified atom stereocenters. The quantitative estimate of drug-likeness (QED) is 0.544. The molecule has 112 valence electrons. The van der Waals surface area contributed by atoms with E-state index in [0.29, 0.717) is 11.1 Å². The van der Waals surface area contributed by atoms with Crippen LogP contribution in [0.2, 0.25) is 0 Å². The third-order valence-electron chi connectivity index (χ3n) is 2.58. The molecule has 1 aromatic carbocycles. The van der Waals surface area contributed by atoms with Crippen LogP contribution in [0.1, 0.15) is 9.67 Å². The second-order valence-electron chi connectivity index (χ2n) is 4.28. The number of rotatable bonds is 4. The summed E-state index contributed by atoms with van der Waals surface area (Å²) in [7, 11) is 0. The van der Waals surface area contributed by atoms with Crippen molar-refractivity contribution in [2.24, 2.45) is 0 Å². The molecule has 0 fully saturated rings. The van der Waals surface area contributed by atoms with E-state index in [1.807, 2.05) is 5.32 Å². The molecule has 8 heteroatoms. The molecule has 21 heavy (non-hydrogen) atoms. The number of hydrogen-bond acceptors (Lipinski definition) is 6. The molecule has 6 nitrogen and oxygen atoms in total. The van der Waals surface area contributed by atoms with Gasteiger partial charge < -0.3 is 25.7 Å². The van der Waals surface area contributed by atoms with Crippen molar-refractivity contribution in [3.05, 3.63) is 35.2 Å². The van der Waals surface area contributed by atoms with Crippen LogP contribution < -0.4 is 5.32 Å². The van der Waals surface area contributed by atoms with Crippen molar-refractivity contribution in [3.8, 4) is 21.9 Å². The van der Waals surface area contributed by atoms with E-state index in [4.69, 9.17) is 10.2 Å². The van der Waals surface area contributed by atoms with Crippen LogP contribution >= 0.6 is 11.3 Å². The Morgan fingerprint density at radius 3 is 2.43 bits per heavy atom. The molecule has 1 amide bonds. The highest BCUT2D eigenvalue weighted by molar-refractivity contribution is 7.16. The zero-order chi connectivity index (χ0) is 15.6. The minimum atomic E-state index is -3.51. The van der Waals surface area contributed by atoms with Gasteiger partial charge in [-0.15, -0.1) is 0 Å². The molecule has 1 aromatic heterocycles. The molecule has 0 aliphatic carbocycles. The number of halogens is 1. The van der Waals surface area contributed by atoms with E-state index in [0.717, 1.165) is 11.3 Å². The van der Waals surface area contributed by atoms with Crippen LogP contribution in [-0.2, 0) is 0 Å². The van der Waals surface area contributed by atoms with E-state index in [1.54, 1.807) is 12.1 Å². The van der Waals surface area contributed by atoms with Gasteiger partial charge in [-0.05, 0) is 17.7 Å². The first kappa shape index (κ1) is 15.2. The molecule has 0 radical (unpaired) electrons. The number of amides is 1. The van der Waals surface area contributed by atoms with Gasteiger partial charge >= 0.3 is 6.04 Å². The van der Waals surface area contributed by atoms with Crippen molar-refractivity contribution in [1.29, 1.82) is 0 Å². The van der Waals surface area contributed by atoms with Crippen molar-refractivity contribution in [1.82, 2.24) is 5.32 Å². The summed E-state index contributed by atoms with van der Waals surface area (Å²) in [6.07, 6.45) is 0. The monoisotopic (exact) mass is 313 g/mol. The predicted octanol–water partition coefficient (Wildman–Crippen LogP) is 1.16. The van der Waals surface area contributed by atoms with E-state index < -0.39 is 18.5 Å². The Bertz CT molecular complexity index is 648. The molecule has 2 rings (SSSR count). The number of nitrogens with one attached hydrogen (secondary N) is 1. The van der Waals surface area contributed by atoms with Crippen LogP contribution in [0.25, 0.3) is 11.1 Å². The highest BCUT2D eigenvalue weighted by atomic mass is 32.1. The number of carbonyl (C=O) groups is 1. The summed E-state index contributed by atoms with van der Waals surface area (Å²) in [5.41, 5.74) is 0.948. The summed E-state index contributed by atoms with van der Waals surface area (Å²) in [5, 5.41) is 37.7. The van der Waals surface area contributed by atoms with Crippen molar-refractivity contribution in [3.63, 3.8) is 0 Å². The second-order valence-corrected chi connectivity index (χ2v) is 5.31. The van der Waals surface area contributed by atoms with Gasteiger partial charge in [0, 0.05) is 11.6 Å². The summed E-state index contributed by atoms with van der Waals surface area (Å²) in [4.78, 5) is 12.0. The Labute approximate surface area is 122 Å². The van der Waals surface area contributed by atoms with Crippen molar-refractivity contribution >= 4 is 17.2 Å². The molecule has 0 saturated heterocycles. The van der Waals surface area contributed by atoms with Gasteiger partial charge in [-0.1, -0.05) is 23.5 Å². The fourth-order valence-electron chi connectivity index (χ4n) is 1.68. The maximum Gasteiger partial charge on any atom is 0.333 e. The van der Waals surface area contributed by atoms with Gasteiger partial charge in [0.2, 0.25) is 0 Å². The van der Waals surface area contributed by atoms with Crippen molar-refractivity contribution < 1.29 is 29.6 Å². The number of aliphatic hydroxyl groups is 2. The molecule has 0 saturated carbocycles. The number of alkyl halides is 1. The molecule has 0 aliphatic heterocycles. The molecular weight excluding hydrogens is 301 g/mol. The lowest BCUT2D eigenvalue weighted by atomic mass is 10.1. The summed E-state index contributed by atoms with van der Waals surface area (Å²) in [5.74, 6) is -0.708. The minimum absolute atomic E-state index is 0.0481. The molecule has 0 spiro atoms. The molecular formula is C13H12FNO5S. The standard InChI is InChI=1S/C13H12FNO5S/c14-13(19,20)6-15-12(18)11-9(5-10(17)21-11)7-1-3-8(16)4-2-7/h1-5,16-17,19-20H,6H2,(H,15,18). The second kappa shape index (κ2) is 5.68. The van der Waals surface area contributed by atoms with E-state index >= 15 is 0 Å². The van der Waals surface area contributed by atoms with Gasteiger partial charge in [-0.3, -0.25) is 4.79 Å². The number of phenolic OH excluding ortho intramolecular Hbond substituents is 1. The first-order valence-electron chi connectivity index (χ1n) is 5.80. The SMILES string of the molecule is O=C(NCC(O)(O)F)c1sc(O)cc1-c1ccc(O)cc1. The third-order valence-corrected chi connectivity index (χ3v) is 3.51. The summed E-state index contributed by atoms with van der Waals surface area (Å²) in [6.45, 7) is -1.00. The lowest BCUT2D eigenvalue weighted by Crippen LogP contribution is -2.39. The largest absolute Gasteiger partial charge is 0.508 e. The molecule has 0 atom stereocenters. The van der Waals surface area contributed by atoms with Crippen LogP contribution in [0.4, 0.5) is 4.39 Å². The number of phenols is 1. The Balaban J connectivity index is 2.28. The normalized spacial score (nSPS) is 11.4. The number of carbonyl (C=O) groups excluding carboxylic acids is 1. The Kier molecular flexibility index (Phi) is 4.12. The van der Waals surface area contributed by atoms with Crippen LogP contribution in [-0.4, -0.2) is 38.9 Å². The number of hydrogen-bond donors (Lipinski definition) is 5. The van der Waals surface area contributed by atoms with Crippen molar-refractivity contribution in [2.45, 2.75) is 6.04 Å². The zero-order valence-electron chi connectivity index (χ0n) is 10.6. The zero-order valence-corrected chi connectivity index (χ0v) is 11.4. The van der Waals surface area contributed by atoms with Gasteiger partial charge in [0.25, 0.3) is 5.91 Å². The van der Waals surface area contributed by atoms with E-state index in [-0.39, 0.29) is 15.7 Å². The summed E-state index contributed by atoms with van der Waals surface area (Å²) in [6, 6.07) is 3.77. The van der Waals surface area contributed by atoms with Gasteiger partial charge in [0.1, 0.15) is 17.2 Å². The molecule has 5 N–H and O–H groups in total. The highest BCUT2D eigenvalue weighted by Crippen LogP contribution is 2.36. The number of thiophene rings is 1. The number of benzene rings is 1. The van der Waals surface area contributed by atoms with E-state index in [9.17, 15) is 19.4 Å². The fourth-order valence-corrected chi connectivity index (χ4v) is 2.51. The molecule has 2 aromatic rings. The third kappa shape index (κ3) is 3.91. The number of aromatic hydroxyl groups is 2. The van der Waals surface area contributed by atoms with Crippen LogP contribution in [0, 0.1) is 0 Å². The first-order valence-corrected chi connectivity index (χ1v) is 6.62.